The third kappa shape index (κ3) is 3.75. The van der Waals surface area contributed by atoms with Crippen molar-refractivity contribution in [3.05, 3.63) is 101 Å². The van der Waals surface area contributed by atoms with Crippen LogP contribution in [-0.4, -0.2) is 28.9 Å². The summed E-state index contributed by atoms with van der Waals surface area (Å²) in [5.74, 6) is 0.0208. The molecular weight excluding hydrogens is 382 g/mol. The largest absolute Gasteiger partial charge is 0.357 e. The summed E-state index contributed by atoms with van der Waals surface area (Å²) in [5, 5.41) is 4.41. The van der Waals surface area contributed by atoms with E-state index in [0.29, 0.717) is 6.54 Å². The Balaban J connectivity index is 1.47. The molecule has 2 N–H and O–H groups in total. The van der Waals surface area contributed by atoms with Gasteiger partial charge < -0.3 is 10.3 Å². The van der Waals surface area contributed by atoms with E-state index in [2.05, 4.69) is 76.7 Å². The number of carbonyl (C=O) groups is 1. The maximum Gasteiger partial charge on any atom is 0.238 e. The molecule has 4 heteroatoms. The zero-order valence-corrected chi connectivity index (χ0v) is 18.0. The highest BCUT2D eigenvalue weighted by Crippen LogP contribution is 2.38. The summed E-state index contributed by atoms with van der Waals surface area (Å²) >= 11 is 0. The number of aromatic nitrogens is 1. The number of nitrogens with zero attached hydrogens (tertiary/aromatic N) is 1. The van der Waals surface area contributed by atoms with E-state index >= 15 is 0 Å². The number of H-pyrrole nitrogens is 1. The standard InChI is InChI=1S/C27H27N3O/c1-18-12-13-23(19(2)16-18)28-25(31)17-30-15-14-22-21-10-6-7-11-24(21)29-26(22)27(30)20-8-4-3-5-9-20/h3-13,16,27,29H,14-15,17H2,1-2H3,(H,28,31). The van der Waals surface area contributed by atoms with Crippen LogP contribution in [0.1, 0.15) is 34.0 Å². The predicted molar refractivity (Wildman–Crippen MR) is 126 cm³/mol. The molecular formula is C27H27N3O. The SMILES string of the molecule is Cc1ccc(NC(=O)CN2CCc3c([nH]c4ccccc34)C2c2ccccc2)c(C)c1. The maximum atomic E-state index is 13.0. The van der Waals surface area contributed by atoms with Crippen LogP contribution in [0.2, 0.25) is 0 Å². The van der Waals surface area contributed by atoms with Gasteiger partial charge in [0, 0.05) is 28.8 Å². The molecule has 4 nitrogen and oxygen atoms in total. The molecule has 0 fully saturated rings. The van der Waals surface area contributed by atoms with Crippen molar-refractivity contribution in [3.8, 4) is 0 Å². The van der Waals surface area contributed by atoms with Crippen LogP contribution in [0.3, 0.4) is 0 Å². The van der Waals surface area contributed by atoms with Crippen LogP contribution in [0.5, 0.6) is 0 Å². The van der Waals surface area contributed by atoms with E-state index in [1.54, 1.807) is 0 Å². The molecule has 1 unspecified atom stereocenters. The van der Waals surface area contributed by atoms with Gasteiger partial charge in [0.15, 0.2) is 0 Å². The summed E-state index contributed by atoms with van der Waals surface area (Å²) in [5.41, 5.74) is 8.11. The van der Waals surface area contributed by atoms with E-state index in [4.69, 9.17) is 0 Å². The van der Waals surface area contributed by atoms with E-state index in [9.17, 15) is 4.79 Å². The molecule has 1 aromatic heterocycles. The number of carbonyl (C=O) groups excluding carboxylic acids is 1. The average molecular weight is 410 g/mol. The number of anilines is 1. The van der Waals surface area contributed by atoms with Crippen LogP contribution in [0.15, 0.2) is 72.8 Å². The van der Waals surface area contributed by atoms with E-state index in [-0.39, 0.29) is 11.9 Å². The van der Waals surface area contributed by atoms with Gasteiger partial charge in [0.2, 0.25) is 5.91 Å². The summed E-state index contributed by atoms with van der Waals surface area (Å²) in [7, 11) is 0. The Labute approximate surface area is 182 Å². The second-order valence-electron chi connectivity index (χ2n) is 8.46. The Bertz CT molecular complexity index is 1240. The van der Waals surface area contributed by atoms with Gasteiger partial charge >= 0.3 is 0 Å². The molecule has 1 aliphatic heterocycles. The third-order valence-corrected chi connectivity index (χ3v) is 6.25. The molecule has 156 valence electrons. The van der Waals surface area contributed by atoms with E-state index in [1.165, 1.54) is 27.8 Å². The average Bonchev–Trinajstić information content (AvgIpc) is 3.15. The summed E-state index contributed by atoms with van der Waals surface area (Å²) < 4.78 is 0. The smallest absolute Gasteiger partial charge is 0.238 e. The van der Waals surface area contributed by atoms with Crippen molar-refractivity contribution >= 4 is 22.5 Å². The highest BCUT2D eigenvalue weighted by Gasteiger charge is 2.32. The molecule has 0 saturated heterocycles. The lowest BCUT2D eigenvalue weighted by Gasteiger charge is -2.35. The summed E-state index contributed by atoms with van der Waals surface area (Å²) in [4.78, 5) is 19.0. The second-order valence-corrected chi connectivity index (χ2v) is 8.46. The zero-order chi connectivity index (χ0) is 21.4. The van der Waals surface area contributed by atoms with Gasteiger partial charge in [-0.3, -0.25) is 9.69 Å². The molecule has 1 aliphatic rings. The van der Waals surface area contributed by atoms with Crippen molar-refractivity contribution in [1.29, 1.82) is 0 Å². The molecule has 0 radical (unpaired) electrons. The fourth-order valence-electron chi connectivity index (χ4n) is 4.80. The number of aryl methyl sites for hydroxylation is 2. The number of benzene rings is 3. The van der Waals surface area contributed by atoms with Gasteiger partial charge in [-0.2, -0.15) is 0 Å². The summed E-state index contributed by atoms with van der Waals surface area (Å²) in [6, 6.07) is 25.1. The minimum atomic E-state index is 0.0208. The molecule has 0 saturated carbocycles. The van der Waals surface area contributed by atoms with Crippen molar-refractivity contribution < 1.29 is 4.79 Å². The predicted octanol–water partition coefficient (Wildman–Crippen LogP) is 5.37. The fourth-order valence-corrected chi connectivity index (χ4v) is 4.80. The second kappa shape index (κ2) is 8.05. The van der Waals surface area contributed by atoms with Crippen LogP contribution < -0.4 is 5.32 Å². The normalized spacial score (nSPS) is 16.3. The Morgan fingerprint density at radius 2 is 1.81 bits per heavy atom. The maximum absolute atomic E-state index is 13.0. The first kappa shape index (κ1) is 19.6. The number of rotatable bonds is 4. The van der Waals surface area contributed by atoms with Gasteiger partial charge in [-0.25, -0.2) is 0 Å². The summed E-state index contributed by atoms with van der Waals surface area (Å²) in [6.07, 6.45) is 0.930. The number of para-hydroxylation sites is 1. The Morgan fingerprint density at radius 1 is 1.03 bits per heavy atom. The molecule has 0 aliphatic carbocycles. The molecule has 2 heterocycles. The highest BCUT2D eigenvalue weighted by molar-refractivity contribution is 5.93. The molecule has 0 bridgehead atoms. The van der Waals surface area contributed by atoms with Crippen LogP contribution in [0.25, 0.3) is 10.9 Å². The van der Waals surface area contributed by atoms with Crippen LogP contribution in [0.4, 0.5) is 5.69 Å². The lowest BCUT2D eigenvalue weighted by molar-refractivity contribution is -0.117. The number of hydrogen-bond acceptors (Lipinski definition) is 2. The highest BCUT2D eigenvalue weighted by atomic mass is 16.2. The molecule has 31 heavy (non-hydrogen) atoms. The topological polar surface area (TPSA) is 48.1 Å². The third-order valence-electron chi connectivity index (χ3n) is 6.25. The van der Waals surface area contributed by atoms with Crippen molar-refractivity contribution in [2.75, 3.05) is 18.4 Å². The van der Waals surface area contributed by atoms with Crippen LogP contribution in [0, 0.1) is 13.8 Å². The Kier molecular flexibility index (Phi) is 5.08. The number of fused-ring (bicyclic) bond motifs is 3. The van der Waals surface area contributed by atoms with Gasteiger partial charge in [0.25, 0.3) is 0 Å². The Hall–Kier alpha value is -3.37. The number of aromatic amines is 1. The molecule has 1 atom stereocenters. The van der Waals surface area contributed by atoms with Crippen molar-refractivity contribution in [2.45, 2.75) is 26.3 Å². The lowest BCUT2D eigenvalue weighted by Crippen LogP contribution is -2.41. The van der Waals surface area contributed by atoms with E-state index in [1.807, 2.05) is 25.1 Å². The Morgan fingerprint density at radius 3 is 2.61 bits per heavy atom. The van der Waals surface area contributed by atoms with Crippen molar-refractivity contribution in [3.63, 3.8) is 0 Å². The van der Waals surface area contributed by atoms with Gasteiger partial charge in [-0.05, 0) is 49.1 Å². The van der Waals surface area contributed by atoms with E-state index in [0.717, 1.165) is 29.7 Å². The van der Waals surface area contributed by atoms with Gasteiger partial charge in [0.1, 0.15) is 0 Å². The monoisotopic (exact) mass is 409 g/mol. The quantitative estimate of drug-likeness (QED) is 0.476. The van der Waals surface area contributed by atoms with Crippen LogP contribution in [-0.2, 0) is 11.2 Å². The zero-order valence-electron chi connectivity index (χ0n) is 18.0. The number of nitrogens with one attached hydrogen (secondary N) is 2. The minimum Gasteiger partial charge on any atom is -0.357 e. The van der Waals surface area contributed by atoms with Crippen LogP contribution >= 0.6 is 0 Å². The molecule has 4 aromatic rings. The van der Waals surface area contributed by atoms with Crippen molar-refractivity contribution in [2.24, 2.45) is 0 Å². The molecule has 5 rings (SSSR count). The lowest BCUT2D eigenvalue weighted by atomic mass is 9.92. The minimum absolute atomic E-state index is 0.0208. The molecule has 0 spiro atoms. The van der Waals surface area contributed by atoms with Gasteiger partial charge in [-0.1, -0.05) is 66.2 Å². The number of hydrogen-bond donors (Lipinski definition) is 2. The molecule has 3 aromatic carbocycles. The van der Waals surface area contributed by atoms with Gasteiger partial charge in [-0.15, -0.1) is 0 Å². The molecule has 1 amide bonds. The van der Waals surface area contributed by atoms with Crippen molar-refractivity contribution in [1.82, 2.24) is 9.88 Å². The first-order valence-electron chi connectivity index (χ1n) is 10.9. The fraction of sp³-hybridized carbons (Fsp3) is 0.222. The van der Waals surface area contributed by atoms with E-state index < -0.39 is 0 Å². The summed E-state index contributed by atoms with van der Waals surface area (Å²) in [6.45, 7) is 5.29. The number of amides is 1. The van der Waals surface area contributed by atoms with Gasteiger partial charge in [0.05, 0.1) is 12.6 Å². The first-order chi connectivity index (χ1) is 15.1. The first-order valence-corrected chi connectivity index (χ1v) is 10.9.